The maximum absolute atomic E-state index is 13.5. The van der Waals surface area contributed by atoms with Crippen LogP contribution in [0, 0.1) is 10.6 Å². The normalized spacial score (nSPS) is 10.8. The fourth-order valence-electron chi connectivity index (χ4n) is 1.66. The summed E-state index contributed by atoms with van der Waals surface area (Å²) in [6.07, 6.45) is 0. The molecule has 0 bridgehead atoms. The molecule has 0 fully saturated rings. The van der Waals surface area contributed by atoms with Crippen molar-refractivity contribution in [2.75, 3.05) is 6.54 Å². The minimum atomic E-state index is -0.602. The van der Waals surface area contributed by atoms with Gasteiger partial charge in [0.2, 0.25) is 0 Å². The van der Waals surface area contributed by atoms with Gasteiger partial charge in [0.25, 0.3) is 0 Å². The Kier molecular flexibility index (Phi) is 3.67. The van der Waals surface area contributed by atoms with Crippen LogP contribution < -0.4 is 11.1 Å². The predicted molar refractivity (Wildman–Crippen MR) is 72.4 cm³/mol. The topological polar surface area (TPSA) is 75.8 Å². The van der Waals surface area contributed by atoms with Crippen molar-refractivity contribution < 1.29 is 9.18 Å². The van der Waals surface area contributed by atoms with Gasteiger partial charge in [-0.1, -0.05) is 0 Å². The molecule has 2 amide bonds. The van der Waals surface area contributed by atoms with E-state index in [1.807, 2.05) is 0 Å². The van der Waals surface area contributed by atoms with Crippen molar-refractivity contribution in [2.45, 2.75) is 6.54 Å². The number of amides is 2. The molecule has 96 valence electrons. The van der Waals surface area contributed by atoms with E-state index in [0.717, 1.165) is 5.52 Å². The number of nitrogens with zero attached hydrogens (tertiary/aromatic N) is 1. The van der Waals surface area contributed by atoms with Gasteiger partial charge >= 0.3 is 6.03 Å². The highest BCUT2D eigenvalue weighted by Gasteiger charge is 2.08. The third kappa shape index (κ3) is 2.54. The third-order valence-corrected chi connectivity index (χ3v) is 3.38. The van der Waals surface area contributed by atoms with E-state index >= 15 is 0 Å². The van der Waals surface area contributed by atoms with Crippen molar-refractivity contribution in [3.05, 3.63) is 27.2 Å². The number of carbonyl (C=O) groups excluding carboxylic acids is 1. The molecule has 0 spiro atoms. The average molecular weight is 333 g/mol. The Morgan fingerprint density at radius 3 is 3.00 bits per heavy atom. The molecule has 0 atom stereocenters. The van der Waals surface area contributed by atoms with Crippen LogP contribution in [0.3, 0.4) is 0 Å². The number of nitrogens with one attached hydrogen (secondary N) is 2. The van der Waals surface area contributed by atoms with Gasteiger partial charge in [0, 0.05) is 19.2 Å². The van der Waals surface area contributed by atoms with Gasteiger partial charge in [-0.25, -0.2) is 9.18 Å². The smallest absolute Gasteiger partial charge is 0.312 e. The first-order valence-corrected chi connectivity index (χ1v) is 6.30. The Labute approximate surface area is 115 Å². The quantitative estimate of drug-likeness (QED) is 0.754. The molecule has 2 aromatic rings. The Morgan fingerprint density at radius 1 is 1.61 bits per heavy atom. The van der Waals surface area contributed by atoms with Gasteiger partial charge in [0.15, 0.2) is 4.77 Å². The molecule has 2 rings (SSSR count). The van der Waals surface area contributed by atoms with E-state index < -0.39 is 6.03 Å². The third-order valence-electron chi connectivity index (χ3n) is 2.45. The molecule has 18 heavy (non-hydrogen) atoms. The summed E-state index contributed by atoms with van der Waals surface area (Å²) in [6, 6.07) is 2.41. The summed E-state index contributed by atoms with van der Waals surface area (Å²) in [5, 5.41) is 2.46. The number of benzene rings is 1. The minimum absolute atomic E-state index is 0.328. The summed E-state index contributed by atoms with van der Waals surface area (Å²) in [7, 11) is 0. The van der Waals surface area contributed by atoms with Gasteiger partial charge in [0.05, 0.1) is 15.5 Å². The number of rotatable bonds is 3. The number of nitrogens with two attached hydrogens (primary N) is 1. The van der Waals surface area contributed by atoms with E-state index in [1.54, 1.807) is 10.6 Å². The number of fused-ring (bicyclic) bond motifs is 1. The predicted octanol–water partition coefficient (Wildman–Crippen LogP) is 2.27. The van der Waals surface area contributed by atoms with Crippen LogP contribution in [0.2, 0.25) is 0 Å². The highest BCUT2D eigenvalue weighted by Crippen LogP contribution is 2.23. The highest BCUT2D eigenvalue weighted by molar-refractivity contribution is 9.10. The number of hydrogen-bond donors (Lipinski definition) is 3. The number of H-pyrrole nitrogens is 1. The average Bonchev–Trinajstić information content (AvgIpc) is 2.56. The van der Waals surface area contributed by atoms with Gasteiger partial charge in [-0.15, -0.1) is 0 Å². The lowest BCUT2D eigenvalue weighted by atomic mass is 10.3. The number of primary amides is 1. The van der Waals surface area contributed by atoms with E-state index in [1.165, 1.54) is 6.07 Å². The largest absolute Gasteiger partial charge is 0.352 e. The van der Waals surface area contributed by atoms with Crippen LogP contribution in [0.15, 0.2) is 16.6 Å². The summed E-state index contributed by atoms with van der Waals surface area (Å²) >= 11 is 8.25. The number of hydrogen-bond acceptors (Lipinski definition) is 2. The lowest BCUT2D eigenvalue weighted by molar-refractivity contribution is 0.248. The zero-order valence-corrected chi connectivity index (χ0v) is 11.6. The van der Waals surface area contributed by atoms with E-state index in [2.05, 4.69) is 26.2 Å². The number of halogens is 2. The van der Waals surface area contributed by atoms with Gasteiger partial charge in [-0.2, -0.15) is 0 Å². The molecule has 4 N–H and O–H groups in total. The molecular formula is C10H10BrFN4OS. The van der Waals surface area contributed by atoms with Crippen molar-refractivity contribution in [1.29, 1.82) is 0 Å². The van der Waals surface area contributed by atoms with E-state index in [-0.39, 0.29) is 5.82 Å². The number of aromatic amines is 1. The van der Waals surface area contributed by atoms with Crippen LogP contribution in [0.25, 0.3) is 11.0 Å². The maximum atomic E-state index is 13.5. The molecule has 0 aliphatic rings. The van der Waals surface area contributed by atoms with Crippen molar-refractivity contribution in [3.63, 3.8) is 0 Å². The van der Waals surface area contributed by atoms with Crippen molar-refractivity contribution in [3.8, 4) is 0 Å². The van der Waals surface area contributed by atoms with E-state index in [0.29, 0.717) is 27.8 Å². The van der Waals surface area contributed by atoms with Crippen molar-refractivity contribution in [1.82, 2.24) is 14.9 Å². The summed E-state index contributed by atoms with van der Waals surface area (Å²) in [5.74, 6) is -0.367. The second-order valence-electron chi connectivity index (χ2n) is 3.66. The standard InChI is InChI=1S/C10H10BrFN4OS/c11-5-3-7-8(4-6(5)12)16(10(18)15-7)2-1-14-9(13)17/h3-4H,1-2H2,(H,15,18)(H3,13,14,17). The monoisotopic (exact) mass is 332 g/mol. The van der Waals surface area contributed by atoms with Crippen LogP contribution in [-0.4, -0.2) is 22.1 Å². The number of imidazole rings is 1. The van der Waals surface area contributed by atoms with Crippen molar-refractivity contribution >= 4 is 45.2 Å². The number of carbonyl (C=O) groups is 1. The van der Waals surface area contributed by atoms with Gasteiger partial charge < -0.3 is 20.6 Å². The molecule has 5 nitrogen and oxygen atoms in total. The molecule has 0 aliphatic carbocycles. The fourth-order valence-corrected chi connectivity index (χ4v) is 2.31. The van der Waals surface area contributed by atoms with Crippen LogP contribution in [0.4, 0.5) is 9.18 Å². The summed E-state index contributed by atoms with van der Waals surface area (Å²) in [6.45, 7) is 0.747. The molecule has 0 saturated heterocycles. The molecule has 0 radical (unpaired) electrons. The summed E-state index contributed by atoms with van der Waals surface area (Å²) in [4.78, 5) is 13.5. The number of aromatic nitrogens is 2. The van der Waals surface area contributed by atoms with Crippen molar-refractivity contribution in [2.24, 2.45) is 5.73 Å². The van der Waals surface area contributed by atoms with E-state index in [9.17, 15) is 9.18 Å². The van der Waals surface area contributed by atoms with Gasteiger partial charge in [0.1, 0.15) is 5.82 Å². The second-order valence-corrected chi connectivity index (χ2v) is 4.90. The SMILES string of the molecule is NC(=O)NCCn1c(=S)[nH]c2cc(Br)c(F)cc21. The first-order valence-electron chi connectivity index (χ1n) is 5.10. The Morgan fingerprint density at radius 2 is 2.33 bits per heavy atom. The molecule has 1 heterocycles. The van der Waals surface area contributed by atoms with Crippen LogP contribution in [0.5, 0.6) is 0 Å². The number of urea groups is 1. The Balaban J connectivity index is 2.37. The first kappa shape index (κ1) is 13.0. The van der Waals surface area contributed by atoms with E-state index in [4.69, 9.17) is 18.0 Å². The summed E-state index contributed by atoms with van der Waals surface area (Å²) < 4.78 is 16.0. The molecule has 8 heteroatoms. The van der Waals surface area contributed by atoms with Gasteiger partial charge in [-0.05, 0) is 34.2 Å². The minimum Gasteiger partial charge on any atom is -0.352 e. The highest BCUT2D eigenvalue weighted by atomic mass is 79.9. The zero-order chi connectivity index (χ0) is 13.3. The lowest BCUT2D eigenvalue weighted by Gasteiger charge is -2.05. The molecule has 0 aliphatic heterocycles. The Hall–Kier alpha value is -1.41. The second kappa shape index (κ2) is 5.07. The van der Waals surface area contributed by atoms with Crippen LogP contribution in [-0.2, 0) is 6.54 Å². The van der Waals surface area contributed by atoms with Gasteiger partial charge in [-0.3, -0.25) is 0 Å². The molecular weight excluding hydrogens is 323 g/mol. The maximum Gasteiger partial charge on any atom is 0.312 e. The van der Waals surface area contributed by atoms with Crippen LogP contribution >= 0.6 is 28.1 Å². The lowest BCUT2D eigenvalue weighted by Crippen LogP contribution is -2.32. The summed E-state index contributed by atoms with van der Waals surface area (Å²) in [5.41, 5.74) is 6.34. The molecule has 0 unspecified atom stereocenters. The zero-order valence-electron chi connectivity index (χ0n) is 9.17. The Bertz CT molecular complexity index is 666. The van der Waals surface area contributed by atoms with Crippen LogP contribution in [0.1, 0.15) is 0 Å². The molecule has 1 aromatic carbocycles. The molecule has 1 aromatic heterocycles. The molecule has 0 saturated carbocycles. The first-order chi connectivity index (χ1) is 8.49. The fraction of sp³-hybridized carbons (Fsp3) is 0.200.